The van der Waals surface area contributed by atoms with Crippen LogP contribution in [0.2, 0.25) is 5.02 Å². The predicted molar refractivity (Wildman–Crippen MR) is 72.0 cm³/mol. The summed E-state index contributed by atoms with van der Waals surface area (Å²) in [4.78, 5) is 15.1. The topological polar surface area (TPSA) is 32.3 Å². The van der Waals surface area contributed by atoms with Gasteiger partial charge in [0.1, 0.15) is 0 Å². The number of nitrogens with one attached hydrogen (secondary N) is 1. The summed E-state index contributed by atoms with van der Waals surface area (Å²) >= 11 is 7.69. The number of hydrogen-bond donors (Lipinski definition) is 1. The molecule has 0 radical (unpaired) electrons. The molecular weight excluding hydrogens is 256 g/mol. The van der Waals surface area contributed by atoms with Crippen molar-refractivity contribution in [1.29, 1.82) is 0 Å². The van der Waals surface area contributed by atoms with Gasteiger partial charge < -0.3 is 10.2 Å². The summed E-state index contributed by atoms with van der Waals surface area (Å²) in [5.74, 6) is -0.00241. The van der Waals surface area contributed by atoms with E-state index in [2.05, 4.69) is 5.32 Å². The molecule has 3 nitrogen and oxygen atoms in total. The summed E-state index contributed by atoms with van der Waals surface area (Å²) < 4.78 is 0. The zero-order valence-electron chi connectivity index (χ0n) is 9.87. The van der Waals surface area contributed by atoms with E-state index >= 15 is 0 Å². The summed E-state index contributed by atoms with van der Waals surface area (Å²) in [6.45, 7) is 1.73. The molecule has 0 aromatic heterocycles. The Morgan fingerprint density at radius 2 is 2.24 bits per heavy atom. The first-order valence-corrected chi connectivity index (χ1v) is 7.05. The molecule has 0 spiro atoms. The molecule has 0 saturated carbocycles. The van der Waals surface area contributed by atoms with Crippen LogP contribution in [0.5, 0.6) is 0 Å². The van der Waals surface area contributed by atoms with Crippen molar-refractivity contribution in [3.05, 3.63) is 28.8 Å². The molecule has 0 atom stereocenters. The van der Waals surface area contributed by atoms with Gasteiger partial charge in [-0.15, -0.1) is 11.8 Å². The van der Waals surface area contributed by atoms with E-state index in [0.29, 0.717) is 10.6 Å². The minimum atomic E-state index is -0.00241. The Morgan fingerprint density at radius 3 is 2.76 bits per heavy atom. The molecule has 92 valence electrons. The van der Waals surface area contributed by atoms with Crippen molar-refractivity contribution in [2.45, 2.75) is 10.9 Å². The van der Waals surface area contributed by atoms with Gasteiger partial charge in [0, 0.05) is 25.0 Å². The third-order valence-corrected chi connectivity index (χ3v) is 4.09. The monoisotopic (exact) mass is 270 g/mol. The number of nitrogens with zero attached hydrogens (tertiary/aromatic N) is 1. The first kappa shape index (κ1) is 12.7. The zero-order valence-corrected chi connectivity index (χ0v) is 11.4. The van der Waals surface area contributed by atoms with Gasteiger partial charge in [-0.3, -0.25) is 4.79 Å². The van der Waals surface area contributed by atoms with Gasteiger partial charge in [-0.05, 0) is 24.5 Å². The number of hydrogen-bond acceptors (Lipinski definition) is 3. The quantitative estimate of drug-likeness (QED) is 0.854. The van der Waals surface area contributed by atoms with Crippen LogP contribution in [0.3, 0.4) is 0 Å². The summed E-state index contributed by atoms with van der Waals surface area (Å²) in [6.07, 6.45) is 1.98. The van der Waals surface area contributed by atoms with E-state index in [1.807, 2.05) is 25.4 Å². The normalized spacial score (nSPS) is 15.5. The molecule has 0 unspecified atom stereocenters. The number of rotatable bonds is 3. The highest BCUT2D eigenvalue weighted by atomic mass is 35.5. The van der Waals surface area contributed by atoms with Gasteiger partial charge in [0.15, 0.2) is 0 Å². The highest BCUT2D eigenvalue weighted by Gasteiger charge is 2.27. The van der Waals surface area contributed by atoms with Crippen molar-refractivity contribution in [3.8, 4) is 0 Å². The van der Waals surface area contributed by atoms with Crippen molar-refractivity contribution in [2.75, 3.05) is 26.4 Å². The lowest BCUT2D eigenvalue weighted by atomic mass is 10.1. The molecule has 1 aliphatic heterocycles. The molecule has 1 saturated heterocycles. The number of amides is 1. The van der Waals surface area contributed by atoms with Crippen LogP contribution in [0.1, 0.15) is 10.4 Å². The molecule has 1 fully saturated rings. The van der Waals surface area contributed by atoms with Gasteiger partial charge in [0.25, 0.3) is 5.91 Å². The van der Waals surface area contributed by atoms with Gasteiger partial charge in [0.05, 0.1) is 16.6 Å². The molecule has 1 N–H and O–H groups in total. The van der Waals surface area contributed by atoms with Crippen molar-refractivity contribution < 1.29 is 4.79 Å². The minimum Gasteiger partial charge on any atom is -0.336 e. The number of carbonyl (C=O) groups excluding carboxylic acids is 1. The second kappa shape index (κ2) is 5.29. The van der Waals surface area contributed by atoms with E-state index < -0.39 is 0 Å². The third kappa shape index (κ3) is 2.59. The van der Waals surface area contributed by atoms with Gasteiger partial charge in [-0.2, -0.15) is 0 Å². The van der Waals surface area contributed by atoms with Crippen molar-refractivity contribution >= 4 is 29.3 Å². The summed E-state index contributed by atoms with van der Waals surface area (Å²) in [6, 6.07) is 5.86. The second-order valence-corrected chi connectivity index (χ2v) is 5.36. The fraction of sp³-hybridized carbons (Fsp3) is 0.417. The lowest BCUT2D eigenvalue weighted by molar-refractivity contribution is 0.0681. The van der Waals surface area contributed by atoms with Crippen LogP contribution in [-0.4, -0.2) is 43.2 Å². The Balaban J connectivity index is 2.22. The Kier molecular flexibility index (Phi) is 3.97. The number of thioether (sulfide) groups is 1. The molecule has 0 aliphatic carbocycles. The molecule has 1 heterocycles. The van der Waals surface area contributed by atoms with Gasteiger partial charge in [0.2, 0.25) is 0 Å². The van der Waals surface area contributed by atoms with Gasteiger partial charge >= 0.3 is 0 Å². The standard InChI is InChI=1S/C12H15ClN2OS/c1-15(8-6-14-7-8)12(16)10-5-9(17-2)3-4-11(10)13/h3-5,8,14H,6-7H2,1-2H3. The van der Waals surface area contributed by atoms with Crippen molar-refractivity contribution in [3.63, 3.8) is 0 Å². The van der Waals surface area contributed by atoms with Crippen LogP contribution >= 0.6 is 23.4 Å². The molecular formula is C12H15ClN2OS. The highest BCUT2D eigenvalue weighted by Crippen LogP contribution is 2.24. The first-order chi connectivity index (χ1) is 8.13. The van der Waals surface area contributed by atoms with Crippen LogP contribution in [0.25, 0.3) is 0 Å². The van der Waals surface area contributed by atoms with Gasteiger partial charge in [-0.1, -0.05) is 11.6 Å². The molecule has 1 aromatic carbocycles. The molecule has 1 aliphatic rings. The molecule has 1 aromatic rings. The van der Waals surface area contributed by atoms with Gasteiger partial charge in [-0.25, -0.2) is 0 Å². The maximum atomic E-state index is 12.3. The minimum absolute atomic E-state index is 0.00241. The van der Waals surface area contributed by atoms with E-state index in [1.165, 1.54) is 0 Å². The summed E-state index contributed by atoms with van der Waals surface area (Å²) in [5, 5.41) is 3.67. The number of benzene rings is 1. The maximum Gasteiger partial charge on any atom is 0.255 e. The second-order valence-electron chi connectivity index (χ2n) is 4.07. The van der Waals surface area contributed by atoms with Crippen molar-refractivity contribution in [2.24, 2.45) is 0 Å². The molecule has 2 rings (SSSR count). The van der Waals surface area contributed by atoms with Crippen LogP contribution in [-0.2, 0) is 0 Å². The molecule has 17 heavy (non-hydrogen) atoms. The Bertz CT molecular complexity index is 435. The first-order valence-electron chi connectivity index (χ1n) is 5.45. The summed E-state index contributed by atoms with van der Waals surface area (Å²) in [5.41, 5.74) is 0.591. The average Bonchev–Trinajstić information content (AvgIpc) is 2.26. The van der Waals surface area contributed by atoms with E-state index in [4.69, 9.17) is 11.6 Å². The van der Waals surface area contributed by atoms with E-state index in [0.717, 1.165) is 18.0 Å². The van der Waals surface area contributed by atoms with Crippen LogP contribution < -0.4 is 5.32 Å². The lowest BCUT2D eigenvalue weighted by Gasteiger charge is -2.35. The van der Waals surface area contributed by atoms with E-state index in [1.54, 1.807) is 22.7 Å². The van der Waals surface area contributed by atoms with Crippen LogP contribution in [0.4, 0.5) is 0 Å². The SMILES string of the molecule is CSc1ccc(Cl)c(C(=O)N(C)C2CNC2)c1. The molecule has 1 amide bonds. The molecule has 5 heteroatoms. The average molecular weight is 271 g/mol. The third-order valence-electron chi connectivity index (χ3n) is 3.03. The molecule has 0 bridgehead atoms. The Morgan fingerprint density at radius 1 is 1.53 bits per heavy atom. The lowest BCUT2D eigenvalue weighted by Crippen LogP contribution is -2.57. The number of likely N-dealkylation sites (N-methyl/N-ethyl adjacent to an activating group) is 1. The Labute approximate surface area is 111 Å². The fourth-order valence-electron chi connectivity index (χ4n) is 1.70. The smallest absolute Gasteiger partial charge is 0.255 e. The largest absolute Gasteiger partial charge is 0.336 e. The highest BCUT2D eigenvalue weighted by molar-refractivity contribution is 7.98. The van der Waals surface area contributed by atoms with Crippen LogP contribution in [0, 0.1) is 0 Å². The fourth-order valence-corrected chi connectivity index (χ4v) is 2.34. The zero-order chi connectivity index (χ0) is 12.4. The van der Waals surface area contributed by atoms with E-state index in [9.17, 15) is 4.79 Å². The van der Waals surface area contributed by atoms with Crippen LogP contribution in [0.15, 0.2) is 23.1 Å². The number of halogens is 1. The predicted octanol–water partition coefficient (Wildman–Crippen LogP) is 2.11. The number of carbonyl (C=O) groups is 1. The Hall–Kier alpha value is -0.710. The van der Waals surface area contributed by atoms with Crippen molar-refractivity contribution in [1.82, 2.24) is 10.2 Å². The van der Waals surface area contributed by atoms with E-state index in [-0.39, 0.29) is 11.9 Å². The maximum absolute atomic E-state index is 12.3. The summed E-state index contributed by atoms with van der Waals surface area (Å²) in [7, 11) is 1.83.